The van der Waals surface area contributed by atoms with Gasteiger partial charge < -0.3 is 15.6 Å². The lowest BCUT2D eigenvalue weighted by molar-refractivity contribution is 0.708. The van der Waals surface area contributed by atoms with Crippen molar-refractivity contribution in [2.24, 2.45) is 10.7 Å². The van der Waals surface area contributed by atoms with Gasteiger partial charge >= 0.3 is 0 Å². The van der Waals surface area contributed by atoms with E-state index in [1.165, 1.54) is 11.1 Å². The van der Waals surface area contributed by atoms with E-state index in [-0.39, 0.29) is 24.0 Å². The molecule has 1 heterocycles. The molecule has 2 rings (SSSR count). The van der Waals surface area contributed by atoms with Crippen LogP contribution in [0.3, 0.4) is 0 Å². The molecule has 3 N–H and O–H groups in total. The highest BCUT2D eigenvalue weighted by Crippen LogP contribution is 2.13. The first-order valence-electron chi connectivity index (χ1n) is 6.25. The molecule has 2 aromatic rings. The van der Waals surface area contributed by atoms with Crippen LogP contribution < -0.4 is 11.1 Å². The molecule has 1 aromatic heterocycles. The smallest absolute Gasteiger partial charge is 0.193 e. The molecule has 0 radical (unpaired) electrons. The van der Waals surface area contributed by atoms with Crippen LogP contribution in [0.15, 0.2) is 41.9 Å². The molecule has 0 aliphatic heterocycles. The fourth-order valence-corrected chi connectivity index (χ4v) is 1.71. The summed E-state index contributed by atoms with van der Waals surface area (Å²) in [4.78, 5) is 8.25. The van der Waals surface area contributed by atoms with Gasteiger partial charge in [0.15, 0.2) is 5.96 Å². The quantitative estimate of drug-likeness (QED) is 0.483. The number of nitrogens with two attached hydrogens (primary N) is 1. The number of halogens is 1. The van der Waals surface area contributed by atoms with E-state index in [9.17, 15) is 0 Å². The van der Waals surface area contributed by atoms with E-state index in [2.05, 4.69) is 41.3 Å². The van der Waals surface area contributed by atoms with Gasteiger partial charge in [-0.25, -0.2) is 4.98 Å². The first kappa shape index (κ1) is 16.5. The number of aryl methyl sites for hydroxylation is 2. The Labute approximate surface area is 136 Å². The molecular weight excluding hydrogens is 365 g/mol. The molecule has 20 heavy (non-hydrogen) atoms. The molecule has 0 bridgehead atoms. The lowest BCUT2D eigenvalue weighted by Crippen LogP contribution is -2.23. The van der Waals surface area contributed by atoms with Gasteiger partial charge in [-0.3, -0.25) is 4.99 Å². The summed E-state index contributed by atoms with van der Waals surface area (Å²) in [6.45, 7) is 5.56. The second kappa shape index (κ2) is 7.88. The number of aromatic nitrogens is 2. The number of guanidine groups is 1. The Bertz CT molecular complexity index is 563. The molecule has 0 unspecified atom stereocenters. The molecule has 0 spiro atoms. The van der Waals surface area contributed by atoms with Crippen LogP contribution in [0.2, 0.25) is 0 Å². The second-order valence-corrected chi connectivity index (χ2v) is 4.49. The Kier molecular flexibility index (Phi) is 6.50. The summed E-state index contributed by atoms with van der Waals surface area (Å²) in [5.74, 6) is 0.434. The van der Waals surface area contributed by atoms with Gasteiger partial charge in [0.2, 0.25) is 0 Å². The summed E-state index contributed by atoms with van der Waals surface area (Å²) in [5.41, 5.74) is 9.31. The zero-order chi connectivity index (χ0) is 13.7. The minimum Gasteiger partial charge on any atom is -0.370 e. The number of hydrogen-bond donors (Lipinski definition) is 2. The Balaban J connectivity index is 0.00000200. The maximum Gasteiger partial charge on any atom is 0.193 e. The number of anilines is 1. The summed E-state index contributed by atoms with van der Waals surface area (Å²) in [6, 6.07) is 6.13. The molecule has 0 amide bonds. The van der Waals surface area contributed by atoms with Crippen LogP contribution in [-0.2, 0) is 6.54 Å². The molecule has 0 atom stereocenters. The van der Waals surface area contributed by atoms with Gasteiger partial charge in [-0.1, -0.05) is 6.07 Å². The molecule has 0 saturated heterocycles. The average Bonchev–Trinajstić information content (AvgIpc) is 2.87. The minimum atomic E-state index is 0. The SMILES string of the molecule is Cc1ccc(NC(N)=NCCn2ccnc2)cc1C.I. The highest BCUT2D eigenvalue weighted by atomic mass is 127. The molecule has 108 valence electrons. The van der Waals surface area contributed by atoms with Gasteiger partial charge in [0.25, 0.3) is 0 Å². The molecule has 5 nitrogen and oxygen atoms in total. The van der Waals surface area contributed by atoms with Crippen molar-refractivity contribution in [1.82, 2.24) is 9.55 Å². The van der Waals surface area contributed by atoms with Crippen LogP contribution in [0.4, 0.5) is 5.69 Å². The van der Waals surface area contributed by atoms with Crippen LogP contribution >= 0.6 is 24.0 Å². The van der Waals surface area contributed by atoms with Gasteiger partial charge in [0.05, 0.1) is 12.9 Å². The van der Waals surface area contributed by atoms with E-state index in [1.54, 1.807) is 12.5 Å². The molecule has 1 aromatic carbocycles. The highest BCUT2D eigenvalue weighted by molar-refractivity contribution is 14.0. The third-order valence-electron chi connectivity index (χ3n) is 2.98. The van der Waals surface area contributed by atoms with Gasteiger partial charge in [0.1, 0.15) is 0 Å². The highest BCUT2D eigenvalue weighted by Gasteiger charge is 1.97. The van der Waals surface area contributed by atoms with Gasteiger partial charge in [0, 0.05) is 24.6 Å². The lowest BCUT2D eigenvalue weighted by Gasteiger charge is -2.08. The molecule has 0 aliphatic carbocycles. The Morgan fingerprint density at radius 1 is 1.35 bits per heavy atom. The summed E-state index contributed by atoms with van der Waals surface area (Å²) in [6.07, 6.45) is 5.42. The van der Waals surface area contributed by atoms with Gasteiger partial charge in [-0.2, -0.15) is 0 Å². The number of benzene rings is 1. The molecular formula is C14H20IN5. The van der Waals surface area contributed by atoms with E-state index in [0.717, 1.165) is 12.2 Å². The number of hydrogen-bond acceptors (Lipinski definition) is 2. The van der Waals surface area contributed by atoms with Crippen LogP contribution in [0, 0.1) is 13.8 Å². The Hall–Kier alpha value is -1.57. The van der Waals surface area contributed by atoms with E-state index >= 15 is 0 Å². The maximum atomic E-state index is 5.85. The fraction of sp³-hybridized carbons (Fsp3) is 0.286. The molecule has 0 fully saturated rings. The summed E-state index contributed by atoms with van der Waals surface area (Å²) in [7, 11) is 0. The zero-order valence-corrected chi connectivity index (χ0v) is 14.0. The molecule has 0 aliphatic rings. The summed E-state index contributed by atoms with van der Waals surface area (Å²) >= 11 is 0. The van der Waals surface area contributed by atoms with Crippen LogP contribution in [0.5, 0.6) is 0 Å². The van der Waals surface area contributed by atoms with E-state index in [4.69, 9.17) is 5.73 Å². The number of nitrogens with zero attached hydrogens (tertiary/aromatic N) is 3. The third kappa shape index (κ3) is 4.84. The number of nitrogens with one attached hydrogen (secondary N) is 1. The zero-order valence-electron chi connectivity index (χ0n) is 11.7. The summed E-state index contributed by atoms with van der Waals surface area (Å²) < 4.78 is 1.97. The van der Waals surface area contributed by atoms with E-state index in [1.807, 2.05) is 16.8 Å². The van der Waals surface area contributed by atoms with Crippen molar-refractivity contribution in [1.29, 1.82) is 0 Å². The maximum absolute atomic E-state index is 5.85. The largest absolute Gasteiger partial charge is 0.370 e. The lowest BCUT2D eigenvalue weighted by atomic mass is 10.1. The number of rotatable bonds is 4. The standard InChI is InChI=1S/C14H19N5.HI/c1-11-3-4-13(9-12(11)2)18-14(15)17-6-8-19-7-5-16-10-19;/h3-5,7,9-10H,6,8H2,1-2H3,(H3,15,17,18);1H. The Morgan fingerprint density at radius 3 is 2.80 bits per heavy atom. The van der Waals surface area contributed by atoms with Gasteiger partial charge in [-0.15, -0.1) is 24.0 Å². The Morgan fingerprint density at radius 2 is 2.15 bits per heavy atom. The van der Waals surface area contributed by atoms with Gasteiger partial charge in [-0.05, 0) is 37.1 Å². The van der Waals surface area contributed by atoms with E-state index in [0.29, 0.717) is 12.5 Å². The van der Waals surface area contributed by atoms with Crippen molar-refractivity contribution in [3.63, 3.8) is 0 Å². The third-order valence-corrected chi connectivity index (χ3v) is 2.98. The predicted octanol–water partition coefficient (Wildman–Crippen LogP) is 2.54. The predicted molar refractivity (Wildman–Crippen MR) is 93.7 cm³/mol. The van der Waals surface area contributed by atoms with Crippen molar-refractivity contribution in [3.8, 4) is 0 Å². The number of imidazole rings is 1. The van der Waals surface area contributed by atoms with Crippen molar-refractivity contribution >= 4 is 35.6 Å². The molecule has 0 saturated carbocycles. The minimum absolute atomic E-state index is 0. The van der Waals surface area contributed by atoms with Crippen molar-refractivity contribution in [3.05, 3.63) is 48.0 Å². The molecule has 6 heteroatoms. The van der Waals surface area contributed by atoms with Crippen molar-refractivity contribution in [2.75, 3.05) is 11.9 Å². The van der Waals surface area contributed by atoms with Crippen molar-refractivity contribution < 1.29 is 0 Å². The topological polar surface area (TPSA) is 68.2 Å². The van der Waals surface area contributed by atoms with E-state index < -0.39 is 0 Å². The summed E-state index contributed by atoms with van der Waals surface area (Å²) in [5, 5.41) is 3.09. The fourth-order valence-electron chi connectivity index (χ4n) is 1.71. The second-order valence-electron chi connectivity index (χ2n) is 4.49. The first-order valence-corrected chi connectivity index (χ1v) is 6.25. The average molecular weight is 385 g/mol. The number of aliphatic imine (C=N–C) groups is 1. The monoisotopic (exact) mass is 385 g/mol. The van der Waals surface area contributed by atoms with Crippen LogP contribution in [0.25, 0.3) is 0 Å². The first-order chi connectivity index (χ1) is 9.15. The normalized spacial score (nSPS) is 11.0. The van der Waals surface area contributed by atoms with Crippen molar-refractivity contribution in [2.45, 2.75) is 20.4 Å². The van der Waals surface area contributed by atoms with Crippen LogP contribution in [0.1, 0.15) is 11.1 Å². The van der Waals surface area contributed by atoms with Crippen LogP contribution in [-0.4, -0.2) is 22.1 Å².